The second-order valence-corrected chi connectivity index (χ2v) is 9.42. The number of rotatable bonds is 6. The second-order valence-electron chi connectivity index (χ2n) is 9.42. The van der Waals surface area contributed by atoms with Crippen molar-refractivity contribution < 1.29 is 19.1 Å². The third kappa shape index (κ3) is 6.19. The normalized spacial score (nSPS) is 16.8. The highest BCUT2D eigenvalue weighted by molar-refractivity contribution is 5.81. The number of amides is 2. The lowest BCUT2D eigenvalue weighted by atomic mass is 10.0. The molecule has 2 amide bonds. The summed E-state index contributed by atoms with van der Waals surface area (Å²) in [5.74, 6) is 1.37. The summed E-state index contributed by atoms with van der Waals surface area (Å²) in [5.41, 5.74) is 3.58. The molecule has 38 heavy (non-hydrogen) atoms. The van der Waals surface area contributed by atoms with E-state index in [2.05, 4.69) is 26.3 Å². The van der Waals surface area contributed by atoms with E-state index in [9.17, 15) is 14.4 Å². The number of carbonyl (C=O) groups is 3. The molecule has 5 heterocycles. The quantitative estimate of drug-likeness (QED) is 0.572. The Morgan fingerprint density at radius 3 is 2.61 bits per heavy atom. The summed E-state index contributed by atoms with van der Waals surface area (Å²) in [5, 5.41) is 12.0. The van der Waals surface area contributed by atoms with Crippen LogP contribution in [0, 0.1) is 11.3 Å². The Labute approximate surface area is 222 Å². The summed E-state index contributed by atoms with van der Waals surface area (Å²) in [7, 11) is 1.84. The highest BCUT2D eigenvalue weighted by atomic mass is 16.6. The van der Waals surface area contributed by atoms with E-state index >= 15 is 0 Å². The van der Waals surface area contributed by atoms with Gasteiger partial charge in [-0.2, -0.15) is 5.26 Å². The molecule has 2 aromatic heterocycles. The minimum Gasteiger partial charge on any atom is -0.449 e. The molecule has 3 aliphatic heterocycles. The highest BCUT2D eigenvalue weighted by Crippen LogP contribution is 2.27. The molecule has 2 fully saturated rings. The topological polar surface area (TPSA) is 132 Å². The van der Waals surface area contributed by atoms with Crippen LogP contribution in [0.15, 0.2) is 18.3 Å². The van der Waals surface area contributed by atoms with Gasteiger partial charge in [0.05, 0.1) is 24.4 Å². The van der Waals surface area contributed by atoms with Gasteiger partial charge < -0.3 is 19.9 Å². The molecule has 0 unspecified atom stereocenters. The van der Waals surface area contributed by atoms with E-state index in [1.54, 1.807) is 11.1 Å². The zero-order valence-electron chi connectivity index (χ0n) is 21.7. The number of hydrogen-bond acceptors (Lipinski definition) is 9. The van der Waals surface area contributed by atoms with Gasteiger partial charge in [-0.25, -0.2) is 14.8 Å². The van der Waals surface area contributed by atoms with Crippen molar-refractivity contribution in [2.24, 2.45) is 0 Å². The number of pyridine rings is 2. The summed E-state index contributed by atoms with van der Waals surface area (Å²) in [6.45, 7) is 4.04. The second kappa shape index (κ2) is 12.9. The van der Waals surface area contributed by atoms with Crippen molar-refractivity contribution in [1.82, 2.24) is 14.9 Å². The maximum atomic E-state index is 11.9. The largest absolute Gasteiger partial charge is 0.449 e. The Morgan fingerprint density at radius 2 is 1.89 bits per heavy atom. The molecule has 0 aliphatic carbocycles. The zero-order chi connectivity index (χ0) is 26.9. The molecular formula is C27H33N7O4. The molecule has 2 saturated heterocycles. The van der Waals surface area contributed by atoms with Crippen molar-refractivity contribution in [3.8, 4) is 6.07 Å². The molecule has 0 bridgehead atoms. The van der Waals surface area contributed by atoms with Crippen molar-refractivity contribution in [3.63, 3.8) is 0 Å². The first-order chi connectivity index (χ1) is 18.6. The Morgan fingerprint density at radius 1 is 1.11 bits per heavy atom. The molecule has 5 rings (SSSR count). The van der Waals surface area contributed by atoms with Crippen molar-refractivity contribution in [2.75, 3.05) is 55.0 Å². The summed E-state index contributed by atoms with van der Waals surface area (Å²) < 4.78 is 5.13. The minimum atomic E-state index is -0.355. The van der Waals surface area contributed by atoms with Gasteiger partial charge in [0.25, 0.3) is 0 Å². The third-order valence-corrected chi connectivity index (χ3v) is 6.92. The van der Waals surface area contributed by atoms with Crippen LogP contribution in [0.25, 0.3) is 0 Å². The van der Waals surface area contributed by atoms with Gasteiger partial charge in [-0.15, -0.1) is 0 Å². The van der Waals surface area contributed by atoms with E-state index < -0.39 is 0 Å². The number of aromatic nitrogens is 2. The molecular weight excluding hydrogens is 486 g/mol. The lowest BCUT2D eigenvalue weighted by Crippen LogP contribution is -2.32. The van der Waals surface area contributed by atoms with Crippen LogP contribution in [0.2, 0.25) is 0 Å². The van der Waals surface area contributed by atoms with Crippen molar-refractivity contribution in [2.45, 2.75) is 45.1 Å². The predicted octanol–water partition coefficient (Wildman–Crippen LogP) is 3.13. The van der Waals surface area contributed by atoms with E-state index in [-0.39, 0.29) is 11.8 Å². The summed E-state index contributed by atoms with van der Waals surface area (Å²) in [6, 6.07) is 6.03. The molecule has 200 valence electrons. The standard InChI is InChI=1S/C16H19N3O4.C11H14N4/c20-10-14-13(9-18-5-1-2-7-23-16(18)22)8-12-4-3-6-19(11-21)15(12)17-14;1-13-11-6-10(9(7-12)8-14-11)15-4-2-3-5-15/h8,10-11H,1-7,9H2;6,8H,2-5H2,1H3,(H,13,14). The molecule has 0 aromatic carbocycles. The van der Waals surface area contributed by atoms with Crippen molar-refractivity contribution in [1.29, 1.82) is 5.26 Å². The number of anilines is 3. The first-order valence-electron chi connectivity index (χ1n) is 13.0. The fraction of sp³-hybridized carbons (Fsp3) is 0.481. The van der Waals surface area contributed by atoms with Crippen molar-refractivity contribution >= 4 is 36.1 Å². The SMILES string of the molecule is CNc1cc(N2CCCC2)c(C#N)cn1.O=Cc1nc2c(cc1CN1CCCCOC1=O)CCCN2C=O. The number of fused-ring (bicyclic) bond motifs is 1. The number of hydrogen-bond donors (Lipinski definition) is 1. The monoisotopic (exact) mass is 519 g/mol. The average molecular weight is 520 g/mol. The zero-order valence-corrected chi connectivity index (χ0v) is 21.7. The lowest BCUT2D eigenvalue weighted by molar-refractivity contribution is -0.107. The Bertz CT molecular complexity index is 1210. The van der Waals surface area contributed by atoms with Gasteiger partial charge in [0, 0.05) is 51.1 Å². The summed E-state index contributed by atoms with van der Waals surface area (Å²) >= 11 is 0. The van der Waals surface area contributed by atoms with Gasteiger partial charge in [-0.3, -0.25) is 14.5 Å². The number of nitriles is 1. The number of carbonyl (C=O) groups excluding carboxylic acids is 3. The number of nitrogens with one attached hydrogen (secondary N) is 1. The molecule has 0 atom stereocenters. The summed E-state index contributed by atoms with van der Waals surface area (Å²) in [4.78, 5) is 48.3. The number of nitrogens with zero attached hydrogens (tertiary/aromatic N) is 6. The van der Waals surface area contributed by atoms with Crippen LogP contribution >= 0.6 is 0 Å². The fourth-order valence-corrected chi connectivity index (χ4v) is 4.90. The molecule has 2 aromatic rings. The molecule has 1 N–H and O–H groups in total. The van der Waals surface area contributed by atoms with Crippen LogP contribution in [-0.4, -0.2) is 73.5 Å². The van der Waals surface area contributed by atoms with Crippen LogP contribution in [0.1, 0.15) is 59.3 Å². The van der Waals surface area contributed by atoms with Gasteiger partial charge in [0.15, 0.2) is 6.29 Å². The Kier molecular flexibility index (Phi) is 9.08. The fourth-order valence-electron chi connectivity index (χ4n) is 4.90. The van der Waals surface area contributed by atoms with E-state index in [0.717, 1.165) is 62.3 Å². The van der Waals surface area contributed by atoms with Crippen molar-refractivity contribution in [3.05, 3.63) is 40.7 Å². The van der Waals surface area contributed by atoms with Crippen LogP contribution in [0.3, 0.4) is 0 Å². The van der Waals surface area contributed by atoms with Gasteiger partial charge >= 0.3 is 6.09 Å². The third-order valence-electron chi connectivity index (χ3n) is 6.92. The lowest BCUT2D eigenvalue weighted by Gasteiger charge is -2.26. The van der Waals surface area contributed by atoms with Crippen LogP contribution in [0.4, 0.5) is 22.1 Å². The van der Waals surface area contributed by atoms with Crippen LogP contribution < -0.4 is 15.1 Å². The van der Waals surface area contributed by atoms with Gasteiger partial charge in [0.1, 0.15) is 23.4 Å². The first-order valence-corrected chi connectivity index (χ1v) is 13.0. The molecule has 11 nitrogen and oxygen atoms in total. The number of cyclic esters (lactones) is 1. The number of aryl methyl sites for hydroxylation is 1. The Hall–Kier alpha value is -4.20. The predicted molar refractivity (Wildman–Crippen MR) is 142 cm³/mol. The van der Waals surface area contributed by atoms with Gasteiger partial charge in [0.2, 0.25) is 6.41 Å². The molecule has 0 spiro atoms. The molecule has 3 aliphatic rings. The maximum absolute atomic E-state index is 11.9. The first kappa shape index (κ1) is 26.9. The van der Waals surface area contributed by atoms with Gasteiger partial charge in [-0.05, 0) is 50.2 Å². The minimum absolute atomic E-state index is 0.273. The van der Waals surface area contributed by atoms with E-state index in [4.69, 9.17) is 10.00 Å². The highest BCUT2D eigenvalue weighted by Gasteiger charge is 2.24. The van der Waals surface area contributed by atoms with E-state index in [0.29, 0.717) is 49.5 Å². The average Bonchev–Trinajstić information content (AvgIpc) is 3.42. The number of ether oxygens (including phenoxy) is 1. The van der Waals surface area contributed by atoms with Gasteiger partial charge in [-0.1, -0.05) is 0 Å². The Balaban J connectivity index is 0.000000194. The maximum Gasteiger partial charge on any atom is 0.410 e. The van der Waals surface area contributed by atoms with Crippen LogP contribution in [-0.2, 0) is 22.5 Å². The molecule has 0 radical (unpaired) electrons. The van der Waals surface area contributed by atoms with E-state index in [1.807, 2.05) is 19.2 Å². The van der Waals surface area contributed by atoms with Crippen LogP contribution in [0.5, 0.6) is 0 Å². The summed E-state index contributed by atoms with van der Waals surface area (Å²) in [6.07, 6.45) is 8.51. The molecule has 0 saturated carbocycles. The smallest absolute Gasteiger partial charge is 0.410 e. The number of aldehydes is 1. The van der Waals surface area contributed by atoms with E-state index in [1.165, 1.54) is 17.7 Å². The molecule has 11 heteroatoms.